The molecule has 1 amide bonds. The maximum Gasteiger partial charge on any atom is 0.407 e. The molecule has 3 rings (SSSR count). The smallest absolute Gasteiger partial charge is 0.407 e. The van der Waals surface area contributed by atoms with E-state index in [1.54, 1.807) is 42.9 Å². The van der Waals surface area contributed by atoms with Gasteiger partial charge >= 0.3 is 6.09 Å². The van der Waals surface area contributed by atoms with Gasteiger partial charge in [-0.1, -0.05) is 6.42 Å². The van der Waals surface area contributed by atoms with E-state index in [-0.39, 0.29) is 18.8 Å². The summed E-state index contributed by atoms with van der Waals surface area (Å²) in [5, 5.41) is 11.5. The molecule has 0 radical (unpaired) electrons. The SMILES string of the molecule is CCOC(=O)N[C@H](C)c1cc(-c2cn3ccnc3c(OCCCCCCO)n2)c(F)cn1. The van der Waals surface area contributed by atoms with E-state index in [1.165, 1.54) is 0 Å². The molecule has 0 aliphatic rings. The molecule has 0 saturated heterocycles. The lowest BCUT2D eigenvalue weighted by Gasteiger charge is -2.15. The number of aromatic nitrogens is 4. The number of rotatable bonds is 11. The summed E-state index contributed by atoms with van der Waals surface area (Å²) in [6.45, 7) is 4.32. The molecule has 1 atom stereocenters. The van der Waals surface area contributed by atoms with Crippen LogP contribution in [0.25, 0.3) is 16.9 Å². The van der Waals surface area contributed by atoms with Gasteiger partial charge in [0.25, 0.3) is 5.88 Å². The van der Waals surface area contributed by atoms with Crippen LogP contribution < -0.4 is 10.1 Å². The van der Waals surface area contributed by atoms with Crippen molar-refractivity contribution in [2.75, 3.05) is 19.8 Å². The van der Waals surface area contributed by atoms with Gasteiger partial charge in [0.1, 0.15) is 0 Å². The number of amides is 1. The van der Waals surface area contributed by atoms with Crippen molar-refractivity contribution in [3.8, 4) is 17.1 Å². The van der Waals surface area contributed by atoms with Crippen molar-refractivity contribution >= 4 is 11.7 Å². The molecule has 0 spiro atoms. The minimum Gasteiger partial charge on any atom is -0.475 e. The zero-order valence-electron chi connectivity index (χ0n) is 18.3. The van der Waals surface area contributed by atoms with Gasteiger partial charge in [0.15, 0.2) is 5.82 Å². The first-order valence-electron chi connectivity index (χ1n) is 10.7. The number of aliphatic hydroxyl groups excluding tert-OH is 1. The van der Waals surface area contributed by atoms with Gasteiger partial charge in [0, 0.05) is 30.8 Å². The molecular formula is C22H28FN5O4. The standard InChI is InChI=1S/C22H28FN5O4/c1-3-31-22(30)26-15(2)18-12-16(17(23)13-25-18)19-14-28-9-8-24-20(28)21(27-19)32-11-7-5-4-6-10-29/h8-9,12-15,29H,3-7,10-11H2,1-2H3,(H,26,30)/t15-/m1/s1. The molecule has 0 saturated carbocycles. The summed E-state index contributed by atoms with van der Waals surface area (Å²) in [6, 6.07) is 1.07. The number of fused-ring (bicyclic) bond motifs is 1. The van der Waals surface area contributed by atoms with Crippen LogP contribution in [0.15, 0.2) is 30.9 Å². The van der Waals surface area contributed by atoms with E-state index in [9.17, 15) is 9.18 Å². The molecule has 0 aromatic carbocycles. The number of nitrogens with one attached hydrogen (secondary N) is 1. The van der Waals surface area contributed by atoms with E-state index >= 15 is 0 Å². The summed E-state index contributed by atoms with van der Waals surface area (Å²) >= 11 is 0. The fraction of sp³-hybridized carbons (Fsp3) is 0.455. The van der Waals surface area contributed by atoms with Gasteiger partial charge in [0.05, 0.1) is 36.8 Å². The molecular weight excluding hydrogens is 417 g/mol. The largest absolute Gasteiger partial charge is 0.475 e. The number of halogens is 1. The Kier molecular flexibility index (Phi) is 8.32. The van der Waals surface area contributed by atoms with Gasteiger partial charge in [-0.2, -0.15) is 0 Å². The Morgan fingerprint density at radius 3 is 2.88 bits per heavy atom. The Morgan fingerprint density at radius 1 is 1.28 bits per heavy atom. The van der Waals surface area contributed by atoms with Gasteiger partial charge in [-0.25, -0.2) is 19.2 Å². The van der Waals surface area contributed by atoms with Crippen LogP contribution in [0.4, 0.5) is 9.18 Å². The van der Waals surface area contributed by atoms with E-state index < -0.39 is 18.0 Å². The number of hydrogen-bond acceptors (Lipinski definition) is 7. The van der Waals surface area contributed by atoms with Crippen molar-refractivity contribution in [2.45, 2.75) is 45.6 Å². The molecule has 0 bridgehead atoms. The lowest BCUT2D eigenvalue weighted by Crippen LogP contribution is -2.28. The number of aliphatic hydroxyl groups is 1. The van der Waals surface area contributed by atoms with Crippen molar-refractivity contribution in [1.29, 1.82) is 0 Å². The van der Waals surface area contributed by atoms with Gasteiger partial charge in [0.2, 0.25) is 5.65 Å². The van der Waals surface area contributed by atoms with Crippen molar-refractivity contribution in [2.24, 2.45) is 0 Å². The Labute approximate surface area is 185 Å². The lowest BCUT2D eigenvalue weighted by atomic mass is 10.1. The average Bonchev–Trinajstić information content (AvgIpc) is 3.25. The summed E-state index contributed by atoms with van der Waals surface area (Å²) in [6.07, 6.45) is 8.99. The predicted octanol–water partition coefficient (Wildman–Crippen LogP) is 3.67. The Hall–Kier alpha value is -3.27. The summed E-state index contributed by atoms with van der Waals surface area (Å²) in [7, 11) is 0. The van der Waals surface area contributed by atoms with Crippen LogP contribution in [-0.4, -0.2) is 50.4 Å². The van der Waals surface area contributed by atoms with Crippen LogP contribution in [-0.2, 0) is 4.74 Å². The van der Waals surface area contributed by atoms with E-state index in [4.69, 9.17) is 14.6 Å². The fourth-order valence-corrected chi connectivity index (χ4v) is 3.18. The maximum absolute atomic E-state index is 14.7. The quantitative estimate of drug-likeness (QED) is 0.433. The molecule has 172 valence electrons. The number of carbonyl (C=O) groups is 1. The van der Waals surface area contributed by atoms with Crippen LogP contribution in [0.1, 0.15) is 51.3 Å². The molecule has 9 nitrogen and oxygen atoms in total. The van der Waals surface area contributed by atoms with Crippen LogP contribution in [0.5, 0.6) is 5.88 Å². The first-order valence-corrected chi connectivity index (χ1v) is 10.7. The van der Waals surface area contributed by atoms with Crippen molar-refractivity contribution in [1.82, 2.24) is 24.7 Å². The molecule has 3 heterocycles. The first kappa shape index (κ1) is 23.4. The highest BCUT2D eigenvalue weighted by atomic mass is 19.1. The molecule has 2 N–H and O–H groups in total. The minimum atomic E-state index is -0.569. The second-order valence-electron chi connectivity index (χ2n) is 7.25. The number of unbranched alkanes of at least 4 members (excludes halogenated alkanes) is 3. The Balaban J connectivity index is 1.83. The maximum atomic E-state index is 14.7. The highest BCUT2D eigenvalue weighted by Gasteiger charge is 2.18. The number of hydrogen-bond donors (Lipinski definition) is 2. The highest BCUT2D eigenvalue weighted by Crippen LogP contribution is 2.27. The van der Waals surface area contributed by atoms with Gasteiger partial charge in [-0.3, -0.25) is 4.98 Å². The number of imidazole rings is 1. The third-order valence-electron chi connectivity index (χ3n) is 4.84. The molecule has 10 heteroatoms. The lowest BCUT2D eigenvalue weighted by molar-refractivity contribution is 0.148. The second kappa shape index (κ2) is 11.4. The van der Waals surface area contributed by atoms with Crippen LogP contribution in [0, 0.1) is 5.82 Å². The summed E-state index contributed by atoms with van der Waals surface area (Å²) in [4.78, 5) is 24.6. The van der Waals surface area contributed by atoms with E-state index in [2.05, 4.69) is 20.3 Å². The molecule has 32 heavy (non-hydrogen) atoms. The predicted molar refractivity (Wildman–Crippen MR) is 116 cm³/mol. The van der Waals surface area contributed by atoms with Crippen LogP contribution in [0.3, 0.4) is 0 Å². The van der Waals surface area contributed by atoms with E-state index in [0.29, 0.717) is 29.5 Å². The zero-order valence-corrected chi connectivity index (χ0v) is 18.3. The number of pyridine rings is 1. The normalized spacial score (nSPS) is 12.0. The third-order valence-corrected chi connectivity index (χ3v) is 4.84. The van der Waals surface area contributed by atoms with Crippen molar-refractivity contribution in [3.63, 3.8) is 0 Å². The number of carbonyl (C=O) groups excluding carboxylic acids is 1. The average molecular weight is 445 g/mol. The Morgan fingerprint density at radius 2 is 2.09 bits per heavy atom. The molecule has 0 aliphatic carbocycles. The number of nitrogens with zero attached hydrogens (tertiary/aromatic N) is 4. The zero-order chi connectivity index (χ0) is 22.9. The second-order valence-corrected chi connectivity index (χ2v) is 7.25. The topological polar surface area (TPSA) is 111 Å². The first-order chi connectivity index (χ1) is 15.5. The van der Waals surface area contributed by atoms with Crippen molar-refractivity contribution in [3.05, 3.63) is 42.4 Å². The van der Waals surface area contributed by atoms with Crippen molar-refractivity contribution < 1.29 is 23.8 Å². The summed E-state index contributed by atoms with van der Waals surface area (Å²) < 4.78 is 27.2. The van der Waals surface area contributed by atoms with Gasteiger partial charge < -0.3 is 24.3 Å². The third kappa shape index (κ3) is 5.91. The minimum absolute atomic E-state index is 0.187. The fourth-order valence-electron chi connectivity index (χ4n) is 3.18. The molecule has 0 unspecified atom stereocenters. The van der Waals surface area contributed by atoms with Gasteiger partial charge in [-0.15, -0.1) is 0 Å². The Bertz CT molecular complexity index is 1040. The molecule has 0 fully saturated rings. The summed E-state index contributed by atoms with van der Waals surface area (Å²) in [5.41, 5.74) is 1.59. The number of ether oxygens (including phenoxy) is 2. The van der Waals surface area contributed by atoms with E-state index in [0.717, 1.165) is 31.9 Å². The monoisotopic (exact) mass is 445 g/mol. The molecule has 3 aromatic heterocycles. The molecule has 3 aromatic rings. The van der Waals surface area contributed by atoms with Gasteiger partial charge in [-0.05, 0) is 39.2 Å². The van der Waals surface area contributed by atoms with Crippen LogP contribution in [0.2, 0.25) is 0 Å². The number of alkyl carbamates (subject to hydrolysis) is 1. The van der Waals surface area contributed by atoms with E-state index in [1.807, 2.05) is 0 Å². The van der Waals surface area contributed by atoms with Crippen LogP contribution >= 0.6 is 0 Å². The molecule has 0 aliphatic heterocycles. The summed E-state index contributed by atoms with van der Waals surface area (Å²) in [5.74, 6) is -0.232. The highest BCUT2D eigenvalue weighted by molar-refractivity contribution is 5.68.